The van der Waals surface area contributed by atoms with Crippen molar-refractivity contribution in [3.05, 3.63) is 47.5 Å². The van der Waals surface area contributed by atoms with Crippen LogP contribution in [0, 0.1) is 11.3 Å². The lowest BCUT2D eigenvalue weighted by molar-refractivity contribution is 0.885. The lowest BCUT2D eigenvalue weighted by atomic mass is 9.97. The van der Waals surface area contributed by atoms with Gasteiger partial charge in [0.05, 0.1) is 11.6 Å². The third-order valence-electron chi connectivity index (χ3n) is 2.27. The summed E-state index contributed by atoms with van der Waals surface area (Å²) in [5, 5.41) is 8.74. The molecule has 0 saturated heterocycles. The van der Waals surface area contributed by atoms with Crippen LogP contribution in [0.1, 0.15) is 29.7 Å². The average molecular weight is 186 g/mol. The molecule has 0 radical (unpaired) electrons. The quantitative estimate of drug-likeness (QED) is 0.736. The first-order valence-electron chi connectivity index (χ1n) is 4.64. The standard InChI is InChI=1S/C12H14N2/c1-3-10-7-9(8-13)5-6-11(10)12(14)4-2/h4-7,12H,2-3,14H2,1H3/t12-/m1/s1. The van der Waals surface area contributed by atoms with Crippen LogP contribution >= 0.6 is 0 Å². The van der Waals surface area contributed by atoms with Crippen LogP contribution in [0.2, 0.25) is 0 Å². The summed E-state index contributed by atoms with van der Waals surface area (Å²) in [7, 11) is 0. The number of hydrogen-bond donors (Lipinski definition) is 1. The molecule has 14 heavy (non-hydrogen) atoms. The van der Waals surface area contributed by atoms with E-state index in [1.807, 2.05) is 12.1 Å². The molecule has 1 aromatic carbocycles. The fraction of sp³-hybridized carbons (Fsp3) is 0.250. The van der Waals surface area contributed by atoms with Crippen molar-refractivity contribution >= 4 is 0 Å². The van der Waals surface area contributed by atoms with Crippen molar-refractivity contribution in [2.75, 3.05) is 0 Å². The van der Waals surface area contributed by atoms with Gasteiger partial charge in [0, 0.05) is 6.04 Å². The van der Waals surface area contributed by atoms with Gasteiger partial charge < -0.3 is 5.73 Å². The molecule has 2 N–H and O–H groups in total. The zero-order chi connectivity index (χ0) is 10.6. The van der Waals surface area contributed by atoms with Gasteiger partial charge in [-0.2, -0.15) is 5.26 Å². The lowest BCUT2D eigenvalue weighted by Crippen LogP contribution is -2.09. The smallest absolute Gasteiger partial charge is 0.0991 e. The summed E-state index contributed by atoms with van der Waals surface area (Å²) in [5.74, 6) is 0. The number of rotatable bonds is 3. The van der Waals surface area contributed by atoms with Gasteiger partial charge in [0.1, 0.15) is 0 Å². The largest absolute Gasteiger partial charge is 0.321 e. The highest BCUT2D eigenvalue weighted by Gasteiger charge is 2.07. The highest BCUT2D eigenvalue weighted by Crippen LogP contribution is 2.19. The van der Waals surface area contributed by atoms with E-state index in [9.17, 15) is 0 Å². The molecule has 1 atom stereocenters. The Morgan fingerprint density at radius 1 is 1.64 bits per heavy atom. The molecule has 0 fully saturated rings. The Morgan fingerprint density at radius 2 is 2.36 bits per heavy atom. The van der Waals surface area contributed by atoms with Gasteiger partial charge in [-0.15, -0.1) is 6.58 Å². The minimum absolute atomic E-state index is 0.141. The van der Waals surface area contributed by atoms with E-state index in [0.29, 0.717) is 5.56 Å². The number of nitrogens with two attached hydrogens (primary N) is 1. The van der Waals surface area contributed by atoms with Crippen LogP contribution in [-0.2, 0) is 6.42 Å². The molecule has 2 nitrogen and oxygen atoms in total. The van der Waals surface area contributed by atoms with Gasteiger partial charge in [-0.05, 0) is 29.7 Å². The van der Waals surface area contributed by atoms with E-state index in [2.05, 4.69) is 19.6 Å². The Hall–Kier alpha value is -1.59. The van der Waals surface area contributed by atoms with Gasteiger partial charge in [0.25, 0.3) is 0 Å². The van der Waals surface area contributed by atoms with Gasteiger partial charge in [-0.25, -0.2) is 0 Å². The zero-order valence-electron chi connectivity index (χ0n) is 8.33. The van der Waals surface area contributed by atoms with Crippen molar-refractivity contribution in [1.82, 2.24) is 0 Å². The maximum absolute atomic E-state index is 8.74. The molecule has 0 heterocycles. The molecule has 0 aromatic heterocycles. The molecular formula is C12H14N2. The minimum atomic E-state index is -0.141. The van der Waals surface area contributed by atoms with Crippen LogP contribution in [0.4, 0.5) is 0 Å². The van der Waals surface area contributed by atoms with Crippen molar-refractivity contribution in [3.63, 3.8) is 0 Å². The lowest BCUT2D eigenvalue weighted by Gasteiger charge is -2.11. The molecule has 0 spiro atoms. The molecule has 1 aromatic rings. The van der Waals surface area contributed by atoms with Crippen LogP contribution in [0.25, 0.3) is 0 Å². The molecule has 0 unspecified atom stereocenters. The van der Waals surface area contributed by atoms with Gasteiger partial charge in [0.15, 0.2) is 0 Å². The molecule has 0 saturated carbocycles. The van der Waals surface area contributed by atoms with Gasteiger partial charge >= 0.3 is 0 Å². The first-order valence-corrected chi connectivity index (χ1v) is 4.64. The highest BCUT2D eigenvalue weighted by atomic mass is 14.6. The molecule has 0 aliphatic carbocycles. The van der Waals surface area contributed by atoms with Crippen LogP contribution < -0.4 is 5.73 Å². The van der Waals surface area contributed by atoms with Crippen molar-refractivity contribution < 1.29 is 0 Å². The fourth-order valence-corrected chi connectivity index (χ4v) is 1.43. The SMILES string of the molecule is C=C[C@@H](N)c1ccc(C#N)cc1CC. The summed E-state index contributed by atoms with van der Waals surface area (Å²) in [6.07, 6.45) is 2.59. The number of benzene rings is 1. The second-order valence-electron chi connectivity index (χ2n) is 3.14. The van der Waals surface area contributed by atoms with Crippen molar-refractivity contribution in [2.24, 2.45) is 5.73 Å². The first kappa shape index (κ1) is 10.5. The molecule has 0 bridgehead atoms. The third-order valence-corrected chi connectivity index (χ3v) is 2.27. The van der Waals surface area contributed by atoms with Crippen molar-refractivity contribution in [3.8, 4) is 6.07 Å². The highest BCUT2D eigenvalue weighted by molar-refractivity contribution is 5.40. The number of nitriles is 1. The van der Waals surface area contributed by atoms with Crippen LogP contribution in [0.15, 0.2) is 30.9 Å². The molecule has 0 aliphatic heterocycles. The van der Waals surface area contributed by atoms with E-state index in [0.717, 1.165) is 17.5 Å². The maximum Gasteiger partial charge on any atom is 0.0991 e. The summed E-state index contributed by atoms with van der Waals surface area (Å²) >= 11 is 0. The van der Waals surface area contributed by atoms with E-state index >= 15 is 0 Å². The van der Waals surface area contributed by atoms with Crippen LogP contribution in [0.3, 0.4) is 0 Å². The number of aryl methyl sites for hydroxylation is 1. The Balaban J connectivity index is 3.19. The predicted octanol–water partition coefficient (Wildman–Crippen LogP) is 2.31. The number of hydrogen-bond acceptors (Lipinski definition) is 2. The van der Waals surface area contributed by atoms with E-state index in [1.54, 1.807) is 12.1 Å². The van der Waals surface area contributed by atoms with E-state index in [-0.39, 0.29) is 6.04 Å². The maximum atomic E-state index is 8.74. The molecule has 1 rings (SSSR count). The normalized spacial score (nSPS) is 11.8. The van der Waals surface area contributed by atoms with E-state index in [1.165, 1.54) is 0 Å². The van der Waals surface area contributed by atoms with Crippen molar-refractivity contribution in [1.29, 1.82) is 5.26 Å². The Morgan fingerprint density at radius 3 is 2.86 bits per heavy atom. The molecule has 0 aliphatic rings. The third kappa shape index (κ3) is 2.01. The van der Waals surface area contributed by atoms with Crippen LogP contribution in [0.5, 0.6) is 0 Å². The predicted molar refractivity (Wildman–Crippen MR) is 57.7 cm³/mol. The zero-order valence-corrected chi connectivity index (χ0v) is 8.33. The molecule has 72 valence electrons. The second-order valence-corrected chi connectivity index (χ2v) is 3.14. The summed E-state index contributed by atoms with van der Waals surface area (Å²) in [4.78, 5) is 0. The molecular weight excluding hydrogens is 172 g/mol. The van der Waals surface area contributed by atoms with E-state index in [4.69, 9.17) is 11.0 Å². The summed E-state index contributed by atoms with van der Waals surface area (Å²) in [5.41, 5.74) is 8.72. The second kappa shape index (κ2) is 4.59. The molecule has 0 amide bonds. The van der Waals surface area contributed by atoms with E-state index < -0.39 is 0 Å². The van der Waals surface area contributed by atoms with Crippen molar-refractivity contribution in [2.45, 2.75) is 19.4 Å². The monoisotopic (exact) mass is 186 g/mol. The summed E-state index contributed by atoms with van der Waals surface area (Å²) < 4.78 is 0. The van der Waals surface area contributed by atoms with Gasteiger partial charge in [-0.3, -0.25) is 0 Å². The Labute approximate surface area is 84.7 Å². The molecule has 2 heteroatoms. The average Bonchev–Trinajstić information content (AvgIpc) is 2.27. The van der Waals surface area contributed by atoms with Gasteiger partial charge in [-0.1, -0.05) is 19.1 Å². The minimum Gasteiger partial charge on any atom is -0.321 e. The number of nitrogens with zero attached hydrogens (tertiary/aromatic N) is 1. The Bertz CT molecular complexity index is 374. The topological polar surface area (TPSA) is 49.8 Å². The van der Waals surface area contributed by atoms with Crippen LogP contribution in [-0.4, -0.2) is 0 Å². The first-order chi connectivity index (χ1) is 6.72. The summed E-state index contributed by atoms with van der Waals surface area (Å²) in [6.45, 7) is 5.72. The summed E-state index contributed by atoms with van der Waals surface area (Å²) in [6, 6.07) is 7.56. The fourth-order valence-electron chi connectivity index (χ4n) is 1.43. The van der Waals surface area contributed by atoms with Gasteiger partial charge in [0.2, 0.25) is 0 Å². The Kier molecular flexibility index (Phi) is 3.44.